The number of rotatable bonds is 1. The van der Waals surface area contributed by atoms with E-state index in [0.717, 1.165) is 6.42 Å². The predicted octanol–water partition coefficient (Wildman–Crippen LogP) is 5.91. The first-order valence-corrected chi connectivity index (χ1v) is 7.04. The van der Waals surface area contributed by atoms with E-state index in [9.17, 15) is 0 Å². The topological polar surface area (TPSA) is 0 Å². The average Bonchev–Trinajstić information content (AvgIpc) is 2.32. The average molecular weight is 236 g/mol. The van der Waals surface area contributed by atoms with Crippen LogP contribution in [0.2, 0.25) is 0 Å². The molecule has 0 N–H and O–H groups in total. The number of benzene rings is 1. The molecule has 0 bridgehead atoms. The summed E-state index contributed by atoms with van der Waals surface area (Å²) in [5.41, 5.74) is 4.55. The zero-order valence-electron chi connectivity index (χ0n) is 13.4. The van der Waals surface area contributed by atoms with Crippen LogP contribution in [0.15, 0.2) is 18.2 Å². The van der Waals surface area contributed by atoms with Crippen molar-refractivity contribution in [2.45, 2.75) is 74.1 Å². The summed E-state index contributed by atoms with van der Waals surface area (Å²) in [5, 5.41) is 0. The fraction of sp³-hybridized carbons (Fsp3) is 0.647. The van der Waals surface area contributed by atoms with Gasteiger partial charge in [-0.15, -0.1) is 0 Å². The van der Waals surface area contributed by atoms with Crippen LogP contribution in [0.3, 0.4) is 0 Å². The van der Waals surface area contributed by atoms with Gasteiger partial charge in [0.2, 0.25) is 0 Å². The third-order valence-electron chi connectivity index (χ3n) is 2.41. The number of hydrogen-bond donors (Lipinski definition) is 0. The van der Waals surface area contributed by atoms with Crippen molar-refractivity contribution in [1.82, 2.24) is 0 Å². The quantitative estimate of drug-likeness (QED) is 0.569. The molecule has 1 aromatic rings. The second-order valence-corrected chi connectivity index (χ2v) is 4.81. The maximum atomic E-state index is 2.33. The molecule has 0 spiro atoms. The molecule has 0 aliphatic carbocycles. The molecule has 0 radical (unpaired) electrons. The lowest BCUT2D eigenvalue weighted by atomic mass is 9.85. The molecule has 1 rings (SSSR count). The Kier molecular flexibility index (Phi) is 10.1. The van der Waals surface area contributed by atoms with E-state index in [4.69, 9.17) is 0 Å². The maximum absolute atomic E-state index is 2.33. The summed E-state index contributed by atoms with van der Waals surface area (Å²) in [6, 6.07) is 6.89. The molecule has 0 heteroatoms. The highest BCUT2D eigenvalue weighted by Crippen LogP contribution is 2.24. The first kappa shape index (κ1) is 18.6. The SMILES string of the molecule is CC.CC.CCc1cc(C)cc(C(C)(C)C)c1. The summed E-state index contributed by atoms with van der Waals surface area (Å²) in [6.45, 7) is 19.2. The second kappa shape index (κ2) is 9.27. The summed E-state index contributed by atoms with van der Waals surface area (Å²) >= 11 is 0. The zero-order chi connectivity index (χ0) is 14.1. The predicted molar refractivity (Wildman–Crippen MR) is 82.0 cm³/mol. The summed E-state index contributed by atoms with van der Waals surface area (Å²) in [4.78, 5) is 0. The molecular weight excluding hydrogens is 204 g/mol. The fourth-order valence-electron chi connectivity index (χ4n) is 1.50. The Bertz CT molecular complexity index is 289. The van der Waals surface area contributed by atoms with Crippen LogP contribution >= 0.6 is 0 Å². The van der Waals surface area contributed by atoms with E-state index >= 15 is 0 Å². The van der Waals surface area contributed by atoms with Gasteiger partial charge in [-0.2, -0.15) is 0 Å². The fourth-order valence-corrected chi connectivity index (χ4v) is 1.50. The van der Waals surface area contributed by atoms with Gasteiger partial charge in [0.1, 0.15) is 0 Å². The van der Waals surface area contributed by atoms with E-state index in [1.165, 1.54) is 16.7 Å². The van der Waals surface area contributed by atoms with Crippen LogP contribution in [-0.4, -0.2) is 0 Å². The van der Waals surface area contributed by atoms with Gasteiger partial charge in [0.05, 0.1) is 0 Å². The highest BCUT2D eigenvalue weighted by atomic mass is 14.2. The van der Waals surface area contributed by atoms with Crippen LogP contribution in [0.5, 0.6) is 0 Å². The van der Waals surface area contributed by atoms with Crippen LogP contribution in [0.4, 0.5) is 0 Å². The van der Waals surface area contributed by atoms with Gasteiger partial charge in [-0.25, -0.2) is 0 Å². The standard InChI is InChI=1S/C13H20.2C2H6/c1-6-11-7-10(2)8-12(9-11)13(3,4)5;2*1-2/h7-9H,6H2,1-5H3;2*1-2H3. The number of aryl methyl sites for hydroxylation is 2. The van der Waals surface area contributed by atoms with E-state index < -0.39 is 0 Å². The molecular formula is C17H32. The maximum Gasteiger partial charge on any atom is -0.0132 e. The summed E-state index contributed by atoms with van der Waals surface area (Å²) in [7, 11) is 0. The molecule has 0 nitrogen and oxygen atoms in total. The lowest BCUT2D eigenvalue weighted by molar-refractivity contribution is 0.589. The van der Waals surface area contributed by atoms with Crippen molar-refractivity contribution >= 4 is 0 Å². The Balaban J connectivity index is 0. The minimum absolute atomic E-state index is 0.274. The number of hydrogen-bond acceptors (Lipinski definition) is 0. The third kappa shape index (κ3) is 7.20. The Labute approximate surface area is 109 Å². The van der Waals surface area contributed by atoms with E-state index in [0.29, 0.717) is 0 Å². The van der Waals surface area contributed by atoms with Crippen LogP contribution in [0.25, 0.3) is 0 Å². The highest BCUT2D eigenvalue weighted by Gasteiger charge is 2.13. The lowest BCUT2D eigenvalue weighted by Gasteiger charge is -2.20. The first-order valence-electron chi connectivity index (χ1n) is 7.04. The van der Waals surface area contributed by atoms with Crippen LogP contribution in [-0.2, 0) is 11.8 Å². The molecule has 0 unspecified atom stereocenters. The minimum atomic E-state index is 0.274. The van der Waals surface area contributed by atoms with Gasteiger partial charge >= 0.3 is 0 Å². The highest BCUT2D eigenvalue weighted by molar-refractivity contribution is 5.33. The van der Waals surface area contributed by atoms with Gasteiger partial charge in [-0.3, -0.25) is 0 Å². The van der Waals surface area contributed by atoms with Crippen molar-refractivity contribution in [2.75, 3.05) is 0 Å². The van der Waals surface area contributed by atoms with Gasteiger partial charge in [0.25, 0.3) is 0 Å². The van der Waals surface area contributed by atoms with Crippen molar-refractivity contribution in [1.29, 1.82) is 0 Å². The molecule has 0 aromatic heterocycles. The van der Waals surface area contributed by atoms with Gasteiger partial charge < -0.3 is 0 Å². The molecule has 100 valence electrons. The second-order valence-electron chi connectivity index (χ2n) is 4.81. The largest absolute Gasteiger partial charge is 0.0683 e. The normalized spacial score (nSPS) is 9.71. The molecule has 0 fully saturated rings. The van der Waals surface area contributed by atoms with Crippen molar-refractivity contribution in [3.63, 3.8) is 0 Å². The van der Waals surface area contributed by atoms with E-state index in [-0.39, 0.29) is 5.41 Å². The zero-order valence-corrected chi connectivity index (χ0v) is 13.4. The Morgan fingerprint density at radius 2 is 1.35 bits per heavy atom. The smallest absolute Gasteiger partial charge is 0.0132 e. The Hall–Kier alpha value is -0.780. The molecule has 0 saturated heterocycles. The molecule has 0 atom stereocenters. The van der Waals surface area contributed by atoms with Crippen molar-refractivity contribution in [3.8, 4) is 0 Å². The molecule has 17 heavy (non-hydrogen) atoms. The molecule has 0 saturated carbocycles. The summed E-state index contributed by atoms with van der Waals surface area (Å²) in [5.74, 6) is 0. The van der Waals surface area contributed by atoms with Gasteiger partial charge in [0.15, 0.2) is 0 Å². The first-order chi connectivity index (χ1) is 7.93. The summed E-state index contributed by atoms with van der Waals surface area (Å²) < 4.78 is 0. The van der Waals surface area contributed by atoms with E-state index in [2.05, 4.69) is 52.8 Å². The molecule has 0 aliphatic heterocycles. The van der Waals surface area contributed by atoms with Gasteiger partial charge in [-0.1, -0.05) is 79.2 Å². The van der Waals surface area contributed by atoms with E-state index in [1.54, 1.807) is 0 Å². The van der Waals surface area contributed by atoms with Crippen molar-refractivity contribution in [2.24, 2.45) is 0 Å². The lowest BCUT2D eigenvalue weighted by Crippen LogP contribution is -2.11. The Morgan fingerprint density at radius 1 is 0.882 bits per heavy atom. The van der Waals surface area contributed by atoms with Crippen molar-refractivity contribution in [3.05, 3.63) is 34.9 Å². The molecule has 0 aliphatic rings. The molecule has 1 aromatic carbocycles. The molecule has 0 heterocycles. The van der Waals surface area contributed by atoms with E-state index in [1.807, 2.05) is 27.7 Å². The minimum Gasteiger partial charge on any atom is -0.0683 e. The van der Waals surface area contributed by atoms with Crippen LogP contribution in [0.1, 0.15) is 72.1 Å². The molecule has 0 amide bonds. The third-order valence-corrected chi connectivity index (χ3v) is 2.41. The van der Waals surface area contributed by atoms with Crippen LogP contribution in [0, 0.1) is 6.92 Å². The summed E-state index contributed by atoms with van der Waals surface area (Å²) in [6.07, 6.45) is 1.13. The monoisotopic (exact) mass is 236 g/mol. The van der Waals surface area contributed by atoms with Crippen molar-refractivity contribution < 1.29 is 0 Å². The van der Waals surface area contributed by atoms with Gasteiger partial charge in [-0.05, 0) is 29.9 Å². The van der Waals surface area contributed by atoms with Crippen LogP contribution < -0.4 is 0 Å². The Morgan fingerprint density at radius 3 is 1.71 bits per heavy atom. The van der Waals surface area contributed by atoms with Gasteiger partial charge in [0, 0.05) is 0 Å².